The third-order valence-electron chi connectivity index (χ3n) is 5.26. The summed E-state index contributed by atoms with van der Waals surface area (Å²) in [5, 5.41) is 11.0. The highest BCUT2D eigenvalue weighted by Gasteiger charge is 2.19. The van der Waals surface area contributed by atoms with Gasteiger partial charge in [0.15, 0.2) is 5.65 Å². The maximum absolute atomic E-state index is 13.3. The van der Waals surface area contributed by atoms with E-state index in [0.717, 1.165) is 5.56 Å². The number of aromatic nitrogens is 3. The predicted molar refractivity (Wildman–Crippen MR) is 135 cm³/mol. The number of fused-ring (bicyclic) bond motifs is 1. The number of hydrogen-bond acceptors (Lipinski definition) is 4. The molecule has 0 aliphatic rings. The Hall–Kier alpha value is -4.00. The standard InChI is InChI=1S/C27H29N5O2/c1-17(2)32-24-22(16-28-32)21(15-23(30-24)18-9-7-6-8-10-18)26(34)29-20-13-11-19(12-14-20)25(33)31-27(3,4)5/h6-17H,1-5H3,(H,29,34)(H,31,33). The van der Waals surface area contributed by atoms with E-state index in [4.69, 9.17) is 4.98 Å². The van der Waals surface area contributed by atoms with E-state index in [0.29, 0.717) is 33.5 Å². The number of carbonyl (C=O) groups is 2. The van der Waals surface area contributed by atoms with Crippen LogP contribution in [0.2, 0.25) is 0 Å². The maximum atomic E-state index is 13.3. The second-order valence-electron chi connectivity index (χ2n) is 9.58. The van der Waals surface area contributed by atoms with E-state index in [-0.39, 0.29) is 23.4 Å². The van der Waals surface area contributed by atoms with E-state index >= 15 is 0 Å². The number of amides is 2. The van der Waals surface area contributed by atoms with E-state index in [9.17, 15) is 9.59 Å². The molecule has 2 amide bonds. The molecule has 0 radical (unpaired) electrons. The van der Waals surface area contributed by atoms with Gasteiger partial charge in [0, 0.05) is 28.4 Å². The number of carbonyl (C=O) groups excluding carboxylic acids is 2. The molecule has 0 bridgehead atoms. The molecule has 2 heterocycles. The van der Waals surface area contributed by atoms with Crippen LogP contribution in [0.15, 0.2) is 66.9 Å². The van der Waals surface area contributed by atoms with Crippen LogP contribution in [0.3, 0.4) is 0 Å². The van der Waals surface area contributed by atoms with Crippen molar-refractivity contribution in [2.75, 3.05) is 5.32 Å². The number of nitrogens with zero attached hydrogens (tertiary/aromatic N) is 3. The topological polar surface area (TPSA) is 88.9 Å². The lowest BCUT2D eigenvalue weighted by Gasteiger charge is -2.20. The van der Waals surface area contributed by atoms with Crippen LogP contribution in [0.1, 0.15) is 61.4 Å². The lowest BCUT2D eigenvalue weighted by atomic mass is 10.1. The fourth-order valence-electron chi connectivity index (χ4n) is 3.66. The lowest BCUT2D eigenvalue weighted by molar-refractivity contribution is 0.0919. The van der Waals surface area contributed by atoms with Gasteiger partial charge in [0.05, 0.1) is 22.8 Å². The van der Waals surface area contributed by atoms with Crippen molar-refractivity contribution in [1.82, 2.24) is 20.1 Å². The minimum Gasteiger partial charge on any atom is -0.347 e. The molecule has 7 heteroatoms. The second-order valence-corrected chi connectivity index (χ2v) is 9.58. The van der Waals surface area contributed by atoms with E-state index < -0.39 is 0 Å². The first-order valence-electron chi connectivity index (χ1n) is 11.3. The van der Waals surface area contributed by atoms with Crippen molar-refractivity contribution >= 4 is 28.5 Å². The smallest absolute Gasteiger partial charge is 0.256 e. The molecule has 0 aliphatic carbocycles. The molecule has 0 saturated heterocycles. The largest absolute Gasteiger partial charge is 0.347 e. The molecule has 0 unspecified atom stereocenters. The van der Waals surface area contributed by atoms with E-state index in [2.05, 4.69) is 15.7 Å². The number of benzene rings is 2. The van der Waals surface area contributed by atoms with Gasteiger partial charge in [0.1, 0.15) is 0 Å². The van der Waals surface area contributed by atoms with Crippen LogP contribution in [-0.2, 0) is 0 Å². The number of nitrogens with one attached hydrogen (secondary N) is 2. The molecule has 0 aliphatic heterocycles. The number of pyridine rings is 1. The molecule has 0 spiro atoms. The SMILES string of the molecule is CC(C)n1ncc2c(C(=O)Nc3ccc(C(=O)NC(C)(C)C)cc3)cc(-c3ccccc3)nc21. The van der Waals surface area contributed by atoms with Crippen molar-refractivity contribution in [1.29, 1.82) is 0 Å². The van der Waals surface area contributed by atoms with Gasteiger partial charge in [-0.05, 0) is 65.0 Å². The average molecular weight is 456 g/mol. The zero-order chi connectivity index (χ0) is 24.5. The lowest BCUT2D eigenvalue weighted by Crippen LogP contribution is -2.40. The highest BCUT2D eigenvalue weighted by molar-refractivity contribution is 6.12. The average Bonchev–Trinajstić information content (AvgIpc) is 3.22. The Balaban J connectivity index is 1.66. The molecule has 0 atom stereocenters. The fraction of sp³-hybridized carbons (Fsp3) is 0.259. The summed E-state index contributed by atoms with van der Waals surface area (Å²) < 4.78 is 1.82. The monoisotopic (exact) mass is 455 g/mol. The van der Waals surface area contributed by atoms with Crippen LogP contribution in [0.4, 0.5) is 5.69 Å². The van der Waals surface area contributed by atoms with E-state index in [1.165, 1.54) is 0 Å². The Labute approximate surface area is 199 Å². The first-order chi connectivity index (χ1) is 16.1. The number of rotatable bonds is 5. The van der Waals surface area contributed by atoms with Crippen LogP contribution < -0.4 is 10.6 Å². The van der Waals surface area contributed by atoms with Crippen molar-refractivity contribution < 1.29 is 9.59 Å². The minimum absolute atomic E-state index is 0.0960. The summed E-state index contributed by atoms with van der Waals surface area (Å²) in [6.07, 6.45) is 1.69. The molecule has 34 heavy (non-hydrogen) atoms. The van der Waals surface area contributed by atoms with Gasteiger partial charge in [-0.1, -0.05) is 30.3 Å². The summed E-state index contributed by atoms with van der Waals surface area (Å²) in [5.74, 6) is -0.422. The highest BCUT2D eigenvalue weighted by atomic mass is 16.2. The molecular weight excluding hydrogens is 426 g/mol. The Kier molecular flexibility index (Phi) is 6.20. The van der Waals surface area contributed by atoms with Crippen molar-refractivity contribution in [3.8, 4) is 11.3 Å². The first-order valence-corrected chi connectivity index (χ1v) is 11.3. The molecule has 2 aromatic heterocycles. The minimum atomic E-state index is -0.326. The van der Waals surface area contributed by atoms with E-state index in [1.54, 1.807) is 36.5 Å². The van der Waals surface area contributed by atoms with Gasteiger partial charge in [-0.2, -0.15) is 5.10 Å². The molecule has 4 rings (SSSR count). The first kappa shape index (κ1) is 23.2. The van der Waals surface area contributed by atoms with Gasteiger partial charge >= 0.3 is 0 Å². The van der Waals surface area contributed by atoms with E-state index in [1.807, 2.05) is 69.6 Å². The maximum Gasteiger partial charge on any atom is 0.256 e. The van der Waals surface area contributed by atoms with Crippen LogP contribution in [-0.4, -0.2) is 32.1 Å². The Morgan fingerprint density at radius 3 is 2.24 bits per heavy atom. The van der Waals surface area contributed by atoms with Crippen LogP contribution in [0, 0.1) is 0 Å². The zero-order valence-corrected chi connectivity index (χ0v) is 20.1. The second kappa shape index (κ2) is 9.09. The zero-order valence-electron chi connectivity index (χ0n) is 20.1. The van der Waals surface area contributed by atoms with Gasteiger partial charge in [-0.3, -0.25) is 9.59 Å². The molecule has 174 valence electrons. The number of hydrogen-bond donors (Lipinski definition) is 2. The van der Waals surface area contributed by atoms with Crippen LogP contribution >= 0.6 is 0 Å². The van der Waals surface area contributed by atoms with Crippen molar-refractivity contribution in [3.63, 3.8) is 0 Å². The summed E-state index contributed by atoms with van der Waals surface area (Å²) in [6.45, 7) is 9.85. The summed E-state index contributed by atoms with van der Waals surface area (Å²) in [4.78, 5) is 30.5. The van der Waals surface area contributed by atoms with Gasteiger partial charge in [0.25, 0.3) is 11.8 Å². The summed E-state index contributed by atoms with van der Waals surface area (Å²) in [5.41, 5.74) is 3.58. The quantitative estimate of drug-likeness (QED) is 0.418. The summed E-state index contributed by atoms with van der Waals surface area (Å²) in [6, 6.07) is 18.5. The highest BCUT2D eigenvalue weighted by Crippen LogP contribution is 2.27. The van der Waals surface area contributed by atoms with Crippen molar-refractivity contribution in [2.24, 2.45) is 0 Å². The van der Waals surface area contributed by atoms with Gasteiger partial charge in [0.2, 0.25) is 0 Å². The molecule has 2 N–H and O–H groups in total. The van der Waals surface area contributed by atoms with Gasteiger partial charge < -0.3 is 10.6 Å². The third-order valence-corrected chi connectivity index (χ3v) is 5.26. The molecule has 7 nitrogen and oxygen atoms in total. The molecule has 4 aromatic rings. The normalized spacial score (nSPS) is 11.6. The Morgan fingerprint density at radius 1 is 0.941 bits per heavy atom. The van der Waals surface area contributed by atoms with Gasteiger partial charge in [-0.15, -0.1) is 0 Å². The van der Waals surface area contributed by atoms with Crippen molar-refractivity contribution in [2.45, 2.75) is 46.2 Å². The molecule has 2 aromatic carbocycles. The summed E-state index contributed by atoms with van der Waals surface area (Å²) in [7, 11) is 0. The molecule has 0 fully saturated rings. The Morgan fingerprint density at radius 2 is 1.62 bits per heavy atom. The molecule has 0 saturated carbocycles. The predicted octanol–water partition coefficient (Wildman–Crippen LogP) is 5.46. The van der Waals surface area contributed by atoms with Gasteiger partial charge in [-0.25, -0.2) is 9.67 Å². The van der Waals surface area contributed by atoms with Crippen LogP contribution in [0.5, 0.6) is 0 Å². The fourth-order valence-corrected chi connectivity index (χ4v) is 3.66. The number of anilines is 1. The molecular formula is C27H29N5O2. The van der Waals surface area contributed by atoms with Crippen LogP contribution in [0.25, 0.3) is 22.3 Å². The third kappa shape index (κ3) is 4.98. The Bertz CT molecular complexity index is 1330. The summed E-state index contributed by atoms with van der Waals surface area (Å²) >= 11 is 0. The van der Waals surface area contributed by atoms with Crippen molar-refractivity contribution in [3.05, 3.63) is 78.0 Å².